The summed E-state index contributed by atoms with van der Waals surface area (Å²) in [6.45, 7) is 17.5. The molecule has 44 heavy (non-hydrogen) atoms. The van der Waals surface area contributed by atoms with Crippen molar-refractivity contribution in [1.82, 2.24) is 4.72 Å². The molecule has 4 saturated carbocycles. The highest BCUT2D eigenvalue weighted by atomic mass is 32.2. The number of aliphatic hydroxyl groups is 2. The first-order valence-electron chi connectivity index (χ1n) is 17.5. The molecule has 0 unspecified atom stereocenters. The van der Waals surface area contributed by atoms with Crippen molar-refractivity contribution in [3.63, 3.8) is 0 Å². The molecule has 0 aliphatic heterocycles. The maximum absolute atomic E-state index is 13.2. The molecule has 0 heterocycles. The Morgan fingerprint density at radius 2 is 1.57 bits per heavy atom. The van der Waals surface area contributed by atoms with Crippen molar-refractivity contribution in [3.05, 3.63) is 29.8 Å². The molecule has 1 amide bonds. The van der Waals surface area contributed by atoms with Crippen LogP contribution in [0.25, 0.3) is 0 Å². The number of hydrogen-bond donors (Lipinski definition) is 3. The topological polar surface area (TPSA) is 104 Å². The first kappa shape index (κ1) is 33.9. The normalized spacial score (nSPS) is 40.3. The van der Waals surface area contributed by atoms with Crippen LogP contribution in [-0.4, -0.2) is 36.7 Å². The van der Waals surface area contributed by atoms with E-state index in [1.54, 1.807) is 12.1 Å². The quantitative estimate of drug-likeness (QED) is 0.299. The Labute approximate surface area is 267 Å². The molecule has 0 saturated heterocycles. The summed E-state index contributed by atoms with van der Waals surface area (Å²) in [5, 5.41) is 22.5. The van der Waals surface area contributed by atoms with E-state index in [1.165, 1.54) is 0 Å². The van der Waals surface area contributed by atoms with Crippen LogP contribution in [0.4, 0.5) is 0 Å². The summed E-state index contributed by atoms with van der Waals surface area (Å²) < 4.78 is 28.5. The minimum Gasteiger partial charge on any atom is -0.393 e. The second kappa shape index (κ2) is 12.0. The monoisotopic (exact) mass is 629 g/mol. The molecule has 6 nitrogen and oxygen atoms in total. The lowest BCUT2D eigenvalue weighted by Gasteiger charge is -2.64. The van der Waals surface area contributed by atoms with E-state index in [2.05, 4.69) is 53.2 Å². The summed E-state index contributed by atoms with van der Waals surface area (Å²) >= 11 is 0. The molecule has 248 valence electrons. The number of nitrogens with one attached hydrogen (secondary N) is 1. The van der Waals surface area contributed by atoms with Crippen LogP contribution in [0.2, 0.25) is 0 Å². The second-order valence-electron chi connectivity index (χ2n) is 17.0. The molecule has 5 rings (SSSR count). The van der Waals surface area contributed by atoms with Gasteiger partial charge in [0.1, 0.15) is 0 Å². The Morgan fingerprint density at radius 3 is 2.18 bits per heavy atom. The summed E-state index contributed by atoms with van der Waals surface area (Å²) in [7, 11) is -3.94. The second-order valence-corrected chi connectivity index (χ2v) is 18.7. The van der Waals surface area contributed by atoms with Crippen LogP contribution in [-0.2, 0) is 20.2 Å². The molecule has 1 aromatic carbocycles. The number of fused-ring (bicyclic) bond motifs is 5. The van der Waals surface area contributed by atoms with E-state index in [4.69, 9.17) is 0 Å². The van der Waals surface area contributed by atoms with Gasteiger partial charge in [0.15, 0.2) is 0 Å². The first-order chi connectivity index (χ1) is 20.4. The van der Waals surface area contributed by atoms with Crippen molar-refractivity contribution in [1.29, 1.82) is 0 Å². The Kier molecular flexibility index (Phi) is 9.23. The van der Waals surface area contributed by atoms with Crippen LogP contribution < -0.4 is 4.72 Å². The van der Waals surface area contributed by atoms with Gasteiger partial charge in [0.25, 0.3) is 10.0 Å². The maximum atomic E-state index is 13.2. The predicted octanol–water partition coefficient (Wildman–Crippen LogP) is 7.08. The lowest BCUT2D eigenvalue weighted by molar-refractivity contribution is -0.203. The standard InChI is InChI=1S/C37H59NO5S/c1-9-27-31-21-25(39)16-18-37(31,8)30-17-19-36(7)28(14-15-29(36)32(30)33(27)40)22(2)20-23(3)34(41)38-44(42,43)26-12-10-24(11-13-26)35(4,5)6/h10-13,22-23,25,27-33,39-40H,9,14-21H2,1-8H3,(H,38,41)/t22-,23-,25-,27-,28-,29+,30+,31+,32+,33-,36-,37-/m1/s1. The van der Waals surface area contributed by atoms with E-state index >= 15 is 0 Å². The van der Waals surface area contributed by atoms with Gasteiger partial charge < -0.3 is 10.2 Å². The predicted molar refractivity (Wildman–Crippen MR) is 175 cm³/mol. The van der Waals surface area contributed by atoms with Gasteiger partial charge >= 0.3 is 0 Å². The number of rotatable bonds is 7. The van der Waals surface area contributed by atoms with Crippen molar-refractivity contribution < 1.29 is 23.4 Å². The third-order valence-corrected chi connectivity index (χ3v) is 15.0. The average Bonchev–Trinajstić information content (AvgIpc) is 3.30. The van der Waals surface area contributed by atoms with E-state index < -0.39 is 21.8 Å². The van der Waals surface area contributed by atoms with Gasteiger partial charge in [-0.05, 0) is 127 Å². The first-order valence-corrected chi connectivity index (χ1v) is 19.0. The minimum atomic E-state index is -3.94. The molecule has 0 spiro atoms. The summed E-state index contributed by atoms with van der Waals surface area (Å²) in [5.74, 6) is 1.73. The SMILES string of the molecule is CC[C@H]1[C@@H](O)[C@@H]2[C@H](CC[C@]3(C)[C@@H]([C@H](C)C[C@@H](C)C(=O)NS(=O)(=O)c4ccc(C(C)(C)C)cc4)CC[C@@H]23)[C@@]2(C)CC[C@@H](O)C[C@@H]12. The van der Waals surface area contributed by atoms with E-state index in [0.29, 0.717) is 36.0 Å². The van der Waals surface area contributed by atoms with E-state index in [1.807, 2.05) is 19.1 Å². The number of aliphatic hydroxyl groups excluding tert-OH is 2. The molecular weight excluding hydrogens is 570 g/mol. The number of carbonyl (C=O) groups excluding carboxylic acids is 1. The van der Waals surface area contributed by atoms with Crippen LogP contribution in [0.5, 0.6) is 0 Å². The molecule has 4 aliphatic rings. The zero-order valence-corrected chi connectivity index (χ0v) is 29.3. The van der Waals surface area contributed by atoms with Gasteiger partial charge in [-0.3, -0.25) is 4.79 Å². The van der Waals surface area contributed by atoms with Crippen LogP contribution in [0.1, 0.15) is 119 Å². The fourth-order valence-electron chi connectivity index (χ4n) is 11.2. The third-order valence-electron chi connectivity index (χ3n) is 13.6. The van der Waals surface area contributed by atoms with Crippen LogP contribution in [0, 0.1) is 58.2 Å². The van der Waals surface area contributed by atoms with Gasteiger partial charge in [-0.15, -0.1) is 0 Å². The third kappa shape index (κ3) is 5.81. The molecular formula is C37H59NO5S. The molecule has 3 N–H and O–H groups in total. The smallest absolute Gasteiger partial charge is 0.264 e. The zero-order chi connectivity index (χ0) is 32.4. The number of benzene rings is 1. The Balaban J connectivity index is 1.27. The maximum Gasteiger partial charge on any atom is 0.264 e. The van der Waals surface area contributed by atoms with Gasteiger partial charge in [-0.2, -0.15) is 0 Å². The number of sulfonamides is 1. The fourth-order valence-corrected chi connectivity index (χ4v) is 12.3. The molecule has 7 heteroatoms. The van der Waals surface area contributed by atoms with Gasteiger partial charge in [0.2, 0.25) is 5.91 Å². The van der Waals surface area contributed by atoms with Crippen molar-refractivity contribution in [3.8, 4) is 0 Å². The fraction of sp³-hybridized carbons (Fsp3) is 0.811. The highest BCUT2D eigenvalue weighted by Crippen LogP contribution is 2.69. The van der Waals surface area contributed by atoms with Gasteiger partial charge in [-0.1, -0.05) is 73.9 Å². The van der Waals surface area contributed by atoms with Crippen molar-refractivity contribution in [2.24, 2.45) is 58.2 Å². The minimum absolute atomic E-state index is 0.0854. The van der Waals surface area contributed by atoms with Crippen LogP contribution in [0.15, 0.2) is 29.2 Å². The lowest BCUT2D eigenvalue weighted by atomic mass is 9.41. The van der Waals surface area contributed by atoms with Gasteiger partial charge in [-0.25, -0.2) is 13.1 Å². The molecule has 0 radical (unpaired) electrons. The van der Waals surface area contributed by atoms with Crippen molar-refractivity contribution in [2.75, 3.05) is 0 Å². The number of hydrogen-bond acceptors (Lipinski definition) is 5. The van der Waals surface area contributed by atoms with Crippen LogP contribution in [0.3, 0.4) is 0 Å². The summed E-state index contributed by atoms with van der Waals surface area (Å²) in [6.07, 6.45) is 8.28. The molecule has 12 atom stereocenters. The largest absolute Gasteiger partial charge is 0.393 e. The number of carbonyl (C=O) groups is 1. The van der Waals surface area contributed by atoms with Crippen molar-refractivity contribution >= 4 is 15.9 Å². The van der Waals surface area contributed by atoms with Crippen LogP contribution >= 0.6 is 0 Å². The van der Waals surface area contributed by atoms with Gasteiger partial charge in [0, 0.05) is 5.92 Å². The Hall–Kier alpha value is -1.44. The Morgan fingerprint density at radius 1 is 0.955 bits per heavy atom. The molecule has 0 aromatic heterocycles. The Bertz CT molecular complexity index is 1300. The summed E-state index contributed by atoms with van der Waals surface area (Å²) in [5.41, 5.74) is 1.24. The molecule has 0 bridgehead atoms. The van der Waals surface area contributed by atoms with E-state index in [0.717, 1.165) is 56.9 Å². The van der Waals surface area contributed by atoms with Crippen molar-refractivity contribution in [2.45, 2.75) is 136 Å². The van der Waals surface area contributed by atoms with E-state index in [-0.39, 0.29) is 45.2 Å². The highest BCUT2D eigenvalue weighted by molar-refractivity contribution is 7.90. The van der Waals surface area contributed by atoms with Gasteiger partial charge in [0.05, 0.1) is 17.1 Å². The highest BCUT2D eigenvalue weighted by Gasteiger charge is 2.64. The van der Waals surface area contributed by atoms with E-state index in [9.17, 15) is 23.4 Å². The lowest BCUT2D eigenvalue weighted by Crippen LogP contribution is -2.62. The summed E-state index contributed by atoms with van der Waals surface area (Å²) in [4.78, 5) is 13.3. The molecule has 1 aromatic rings. The zero-order valence-electron chi connectivity index (χ0n) is 28.5. The molecule has 4 aliphatic carbocycles. The average molecular weight is 630 g/mol. The number of amides is 1. The molecule has 4 fully saturated rings. The summed E-state index contributed by atoms with van der Waals surface area (Å²) in [6, 6.07) is 6.81.